The van der Waals surface area contributed by atoms with Crippen LogP contribution < -0.4 is 10.6 Å². The number of nitrogens with one attached hydrogen (secondary N) is 3. The van der Waals surface area contributed by atoms with Gasteiger partial charge in [0, 0.05) is 18.3 Å². The largest absolute Gasteiger partial charge is 0.347 e. The van der Waals surface area contributed by atoms with Crippen LogP contribution in [0.3, 0.4) is 0 Å². The van der Waals surface area contributed by atoms with Crippen molar-refractivity contribution in [3.05, 3.63) is 17.5 Å². The number of carbonyl (C=O) groups is 1. The van der Waals surface area contributed by atoms with Crippen molar-refractivity contribution in [2.45, 2.75) is 32.2 Å². The Labute approximate surface area is 95.0 Å². The minimum atomic E-state index is -0.0851. The molecule has 1 fully saturated rings. The van der Waals surface area contributed by atoms with Gasteiger partial charge in [-0.05, 0) is 32.4 Å². The van der Waals surface area contributed by atoms with E-state index in [1.54, 1.807) is 6.07 Å². The lowest BCUT2D eigenvalue weighted by Gasteiger charge is -2.15. The van der Waals surface area contributed by atoms with E-state index in [0.717, 1.165) is 31.6 Å². The van der Waals surface area contributed by atoms with Gasteiger partial charge in [-0.25, -0.2) is 0 Å². The summed E-state index contributed by atoms with van der Waals surface area (Å²) in [5, 5.41) is 13.0. The van der Waals surface area contributed by atoms with Gasteiger partial charge in [-0.1, -0.05) is 6.42 Å². The lowest BCUT2D eigenvalue weighted by molar-refractivity contribution is 0.0930. The molecule has 2 heterocycles. The molecule has 5 nitrogen and oxygen atoms in total. The molecule has 1 aliphatic heterocycles. The highest BCUT2D eigenvalue weighted by Gasteiger charge is 2.16. The van der Waals surface area contributed by atoms with Gasteiger partial charge in [0.1, 0.15) is 5.69 Å². The Morgan fingerprint density at radius 2 is 2.44 bits per heavy atom. The van der Waals surface area contributed by atoms with Gasteiger partial charge in [0.15, 0.2) is 0 Å². The van der Waals surface area contributed by atoms with Crippen molar-refractivity contribution in [2.24, 2.45) is 0 Å². The van der Waals surface area contributed by atoms with E-state index in [9.17, 15) is 4.79 Å². The second-order valence-corrected chi connectivity index (χ2v) is 4.31. The number of nitrogens with zero attached hydrogens (tertiary/aromatic N) is 1. The third-order valence-electron chi connectivity index (χ3n) is 2.82. The zero-order valence-corrected chi connectivity index (χ0v) is 9.55. The molecule has 1 aromatic rings. The minimum Gasteiger partial charge on any atom is -0.347 e. The second kappa shape index (κ2) is 5.12. The molecule has 0 saturated carbocycles. The molecule has 2 rings (SSSR count). The van der Waals surface area contributed by atoms with Crippen LogP contribution in [0.15, 0.2) is 6.07 Å². The molecule has 1 aromatic heterocycles. The monoisotopic (exact) mass is 222 g/mol. The molecule has 1 saturated heterocycles. The van der Waals surface area contributed by atoms with E-state index in [4.69, 9.17) is 0 Å². The standard InChI is InChI=1S/C11H18N4O/c1-8-6-10(15-14-8)11(16)13-9-4-2-3-5-12-7-9/h6,9,12H,2-5,7H2,1H3,(H,13,16)(H,14,15). The number of hydrogen-bond acceptors (Lipinski definition) is 3. The first-order valence-corrected chi connectivity index (χ1v) is 5.79. The first-order chi connectivity index (χ1) is 7.75. The number of aromatic nitrogens is 2. The minimum absolute atomic E-state index is 0.0851. The highest BCUT2D eigenvalue weighted by molar-refractivity contribution is 5.92. The predicted octanol–water partition coefficient (Wildman–Crippen LogP) is 0.590. The van der Waals surface area contributed by atoms with Crippen LogP contribution in [0.2, 0.25) is 0 Å². The zero-order valence-electron chi connectivity index (χ0n) is 9.55. The SMILES string of the molecule is Cc1cc(C(=O)NC2CCCCNC2)n[nH]1. The molecule has 16 heavy (non-hydrogen) atoms. The summed E-state index contributed by atoms with van der Waals surface area (Å²) in [6.07, 6.45) is 3.40. The van der Waals surface area contributed by atoms with Crippen LogP contribution in [0.25, 0.3) is 0 Å². The summed E-state index contributed by atoms with van der Waals surface area (Å²) >= 11 is 0. The van der Waals surface area contributed by atoms with Crippen molar-refractivity contribution in [1.29, 1.82) is 0 Å². The van der Waals surface area contributed by atoms with E-state index in [1.165, 1.54) is 6.42 Å². The number of hydrogen-bond donors (Lipinski definition) is 3. The molecule has 0 aromatic carbocycles. The van der Waals surface area contributed by atoms with Crippen LogP contribution in [0.5, 0.6) is 0 Å². The van der Waals surface area contributed by atoms with Gasteiger partial charge in [0.2, 0.25) is 0 Å². The second-order valence-electron chi connectivity index (χ2n) is 4.31. The zero-order chi connectivity index (χ0) is 11.4. The molecule has 88 valence electrons. The molecular weight excluding hydrogens is 204 g/mol. The summed E-state index contributed by atoms with van der Waals surface area (Å²) in [7, 11) is 0. The number of H-pyrrole nitrogens is 1. The fourth-order valence-electron chi connectivity index (χ4n) is 1.94. The quantitative estimate of drug-likeness (QED) is 0.686. The van der Waals surface area contributed by atoms with Crippen LogP contribution in [0.4, 0.5) is 0 Å². The summed E-state index contributed by atoms with van der Waals surface area (Å²) in [5.41, 5.74) is 1.38. The van der Waals surface area contributed by atoms with Crippen molar-refractivity contribution >= 4 is 5.91 Å². The molecule has 1 amide bonds. The summed E-state index contributed by atoms with van der Waals surface area (Å²) in [6.45, 7) is 3.79. The average Bonchev–Trinajstić information content (AvgIpc) is 2.54. The average molecular weight is 222 g/mol. The van der Waals surface area contributed by atoms with Crippen LogP contribution in [0.1, 0.15) is 35.4 Å². The topological polar surface area (TPSA) is 69.8 Å². The van der Waals surface area contributed by atoms with E-state index < -0.39 is 0 Å². The van der Waals surface area contributed by atoms with Crippen molar-refractivity contribution < 1.29 is 4.79 Å². The fourth-order valence-corrected chi connectivity index (χ4v) is 1.94. The van der Waals surface area contributed by atoms with Gasteiger partial charge in [0.25, 0.3) is 5.91 Å². The summed E-state index contributed by atoms with van der Waals surface area (Å²) in [6, 6.07) is 1.99. The Morgan fingerprint density at radius 3 is 3.19 bits per heavy atom. The molecule has 1 unspecified atom stereocenters. The molecule has 0 spiro atoms. The fraction of sp³-hybridized carbons (Fsp3) is 0.636. The maximum Gasteiger partial charge on any atom is 0.272 e. The molecule has 1 aliphatic rings. The van der Waals surface area contributed by atoms with Crippen LogP contribution in [-0.2, 0) is 0 Å². The lowest BCUT2D eigenvalue weighted by atomic mass is 10.1. The molecule has 0 aliphatic carbocycles. The third-order valence-corrected chi connectivity index (χ3v) is 2.82. The van der Waals surface area contributed by atoms with E-state index in [0.29, 0.717) is 5.69 Å². The number of rotatable bonds is 2. The van der Waals surface area contributed by atoms with Gasteiger partial charge in [0.05, 0.1) is 0 Å². The van der Waals surface area contributed by atoms with Gasteiger partial charge in [-0.2, -0.15) is 5.10 Å². The van der Waals surface area contributed by atoms with E-state index in [2.05, 4.69) is 20.8 Å². The highest BCUT2D eigenvalue weighted by atomic mass is 16.2. The number of amides is 1. The highest BCUT2D eigenvalue weighted by Crippen LogP contribution is 2.05. The Bertz CT molecular complexity index is 353. The summed E-state index contributed by atoms with van der Waals surface area (Å²) in [5.74, 6) is -0.0851. The van der Waals surface area contributed by atoms with Gasteiger partial charge >= 0.3 is 0 Å². The maximum atomic E-state index is 11.8. The molecule has 0 bridgehead atoms. The molecular formula is C11H18N4O. The third kappa shape index (κ3) is 2.82. The lowest BCUT2D eigenvalue weighted by Crippen LogP contribution is -2.40. The van der Waals surface area contributed by atoms with Crippen LogP contribution >= 0.6 is 0 Å². The predicted molar refractivity (Wildman–Crippen MR) is 61.3 cm³/mol. The summed E-state index contributed by atoms with van der Waals surface area (Å²) in [4.78, 5) is 11.8. The first kappa shape index (κ1) is 11.1. The van der Waals surface area contributed by atoms with Gasteiger partial charge in [-0.3, -0.25) is 9.89 Å². The van der Waals surface area contributed by atoms with Crippen molar-refractivity contribution in [3.63, 3.8) is 0 Å². The molecule has 0 radical (unpaired) electrons. The van der Waals surface area contributed by atoms with E-state index in [-0.39, 0.29) is 11.9 Å². The Morgan fingerprint density at radius 1 is 1.56 bits per heavy atom. The van der Waals surface area contributed by atoms with Crippen molar-refractivity contribution in [1.82, 2.24) is 20.8 Å². The number of carbonyl (C=O) groups excluding carboxylic acids is 1. The van der Waals surface area contributed by atoms with Gasteiger partial charge < -0.3 is 10.6 Å². The number of aromatic amines is 1. The van der Waals surface area contributed by atoms with E-state index in [1.807, 2.05) is 6.92 Å². The smallest absolute Gasteiger partial charge is 0.272 e. The Balaban J connectivity index is 1.90. The molecule has 1 atom stereocenters. The normalized spacial score (nSPS) is 21.4. The molecule has 3 N–H and O–H groups in total. The Kier molecular flexibility index (Phi) is 3.56. The molecule has 5 heteroatoms. The van der Waals surface area contributed by atoms with Gasteiger partial charge in [-0.15, -0.1) is 0 Å². The maximum absolute atomic E-state index is 11.8. The Hall–Kier alpha value is -1.36. The van der Waals surface area contributed by atoms with Crippen LogP contribution in [-0.4, -0.2) is 35.2 Å². The van der Waals surface area contributed by atoms with Crippen LogP contribution in [0, 0.1) is 6.92 Å². The first-order valence-electron chi connectivity index (χ1n) is 5.79. The van der Waals surface area contributed by atoms with Crippen molar-refractivity contribution in [3.8, 4) is 0 Å². The van der Waals surface area contributed by atoms with Crippen molar-refractivity contribution in [2.75, 3.05) is 13.1 Å². The summed E-state index contributed by atoms with van der Waals surface area (Å²) < 4.78 is 0. The number of aryl methyl sites for hydroxylation is 1. The van der Waals surface area contributed by atoms with E-state index >= 15 is 0 Å².